The standard InChI is InChI=1S/C11H18N4O/c1-3-10-9(8-14(2)13-10)11(16)15-6-4-12-5-7-15/h8,12H,3-7H2,1-2H3. The Bertz CT molecular complexity index is 379. The van der Waals surface area contributed by atoms with E-state index in [4.69, 9.17) is 0 Å². The van der Waals surface area contributed by atoms with Gasteiger partial charge < -0.3 is 10.2 Å². The largest absolute Gasteiger partial charge is 0.336 e. The number of amides is 1. The summed E-state index contributed by atoms with van der Waals surface area (Å²) in [7, 11) is 1.85. The van der Waals surface area contributed by atoms with Crippen molar-refractivity contribution in [1.29, 1.82) is 0 Å². The fourth-order valence-corrected chi connectivity index (χ4v) is 2.01. The zero-order chi connectivity index (χ0) is 11.5. The Morgan fingerprint density at radius 3 is 2.81 bits per heavy atom. The first-order valence-electron chi connectivity index (χ1n) is 5.75. The molecule has 1 amide bonds. The van der Waals surface area contributed by atoms with Gasteiger partial charge in [-0.2, -0.15) is 5.10 Å². The quantitative estimate of drug-likeness (QED) is 0.768. The SMILES string of the molecule is CCc1nn(C)cc1C(=O)N1CCNCC1. The van der Waals surface area contributed by atoms with Crippen molar-refractivity contribution >= 4 is 5.91 Å². The molecule has 1 aromatic rings. The number of hydrogen-bond donors (Lipinski definition) is 1. The van der Waals surface area contributed by atoms with Gasteiger partial charge in [-0.1, -0.05) is 6.92 Å². The molecule has 0 radical (unpaired) electrons. The van der Waals surface area contributed by atoms with Gasteiger partial charge in [-0.05, 0) is 6.42 Å². The lowest BCUT2D eigenvalue weighted by molar-refractivity contribution is 0.0734. The predicted octanol–water partition coefficient (Wildman–Crippen LogP) is 0.0279. The van der Waals surface area contributed by atoms with Crippen LogP contribution in [0.25, 0.3) is 0 Å². The van der Waals surface area contributed by atoms with Crippen LogP contribution in [-0.4, -0.2) is 46.8 Å². The van der Waals surface area contributed by atoms with Crippen LogP contribution in [0.5, 0.6) is 0 Å². The van der Waals surface area contributed by atoms with E-state index >= 15 is 0 Å². The van der Waals surface area contributed by atoms with Gasteiger partial charge in [-0.3, -0.25) is 9.48 Å². The van der Waals surface area contributed by atoms with E-state index < -0.39 is 0 Å². The fraction of sp³-hybridized carbons (Fsp3) is 0.636. The van der Waals surface area contributed by atoms with Crippen molar-refractivity contribution in [2.24, 2.45) is 7.05 Å². The average molecular weight is 222 g/mol. The molecule has 5 heteroatoms. The van der Waals surface area contributed by atoms with Crippen LogP contribution in [0.1, 0.15) is 23.0 Å². The van der Waals surface area contributed by atoms with Gasteiger partial charge >= 0.3 is 0 Å². The molecule has 2 rings (SSSR count). The van der Waals surface area contributed by atoms with Gasteiger partial charge in [0, 0.05) is 39.4 Å². The third kappa shape index (κ3) is 2.09. The second kappa shape index (κ2) is 4.65. The van der Waals surface area contributed by atoms with Crippen molar-refractivity contribution in [3.05, 3.63) is 17.5 Å². The van der Waals surface area contributed by atoms with Crippen LogP contribution in [0.15, 0.2) is 6.20 Å². The van der Waals surface area contributed by atoms with Crippen molar-refractivity contribution in [2.75, 3.05) is 26.2 Å². The average Bonchev–Trinajstić information content (AvgIpc) is 2.70. The van der Waals surface area contributed by atoms with E-state index in [9.17, 15) is 4.79 Å². The van der Waals surface area contributed by atoms with Crippen molar-refractivity contribution in [2.45, 2.75) is 13.3 Å². The molecule has 0 saturated carbocycles. The van der Waals surface area contributed by atoms with Gasteiger partial charge in [0.25, 0.3) is 5.91 Å². The highest BCUT2D eigenvalue weighted by atomic mass is 16.2. The number of carbonyl (C=O) groups is 1. The van der Waals surface area contributed by atoms with Gasteiger partial charge in [-0.25, -0.2) is 0 Å². The molecular formula is C11H18N4O. The van der Waals surface area contributed by atoms with Crippen LogP contribution in [0.4, 0.5) is 0 Å². The Kier molecular flexibility index (Phi) is 3.24. The second-order valence-corrected chi connectivity index (χ2v) is 4.06. The highest BCUT2D eigenvalue weighted by Crippen LogP contribution is 2.11. The second-order valence-electron chi connectivity index (χ2n) is 4.06. The molecule has 1 fully saturated rings. The van der Waals surface area contributed by atoms with Gasteiger partial charge in [0.2, 0.25) is 0 Å². The van der Waals surface area contributed by atoms with E-state index in [0.29, 0.717) is 0 Å². The molecule has 1 N–H and O–H groups in total. The van der Waals surface area contributed by atoms with E-state index in [1.165, 1.54) is 0 Å². The molecule has 1 aromatic heterocycles. The number of carbonyl (C=O) groups excluding carboxylic acids is 1. The van der Waals surface area contributed by atoms with Crippen LogP contribution in [0, 0.1) is 0 Å². The maximum Gasteiger partial charge on any atom is 0.257 e. The van der Waals surface area contributed by atoms with Gasteiger partial charge in [0.15, 0.2) is 0 Å². The van der Waals surface area contributed by atoms with E-state index in [1.54, 1.807) is 4.68 Å². The summed E-state index contributed by atoms with van der Waals surface area (Å²) in [4.78, 5) is 14.1. The molecule has 0 aliphatic carbocycles. The molecule has 1 saturated heterocycles. The lowest BCUT2D eigenvalue weighted by Crippen LogP contribution is -2.46. The highest BCUT2D eigenvalue weighted by Gasteiger charge is 2.21. The third-order valence-electron chi connectivity index (χ3n) is 2.87. The third-order valence-corrected chi connectivity index (χ3v) is 2.87. The minimum atomic E-state index is 0.117. The van der Waals surface area contributed by atoms with E-state index in [1.807, 2.05) is 25.1 Å². The lowest BCUT2D eigenvalue weighted by Gasteiger charge is -2.27. The highest BCUT2D eigenvalue weighted by molar-refractivity contribution is 5.95. The number of hydrogen-bond acceptors (Lipinski definition) is 3. The summed E-state index contributed by atoms with van der Waals surface area (Å²) in [5, 5.41) is 7.54. The maximum atomic E-state index is 12.2. The molecular weight excluding hydrogens is 204 g/mol. The summed E-state index contributed by atoms with van der Waals surface area (Å²) >= 11 is 0. The van der Waals surface area contributed by atoms with E-state index in [2.05, 4.69) is 10.4 Å². The van der Waals surface area contributed by atoms with Crippen molar-refractivity contribution < 1.29 is 4.79 Å². The minimum Gasteiger partial charge on any atom is -0.336 e. The first kappa shape index (κ1) is 11.1. The van der Waals surface area contributed by atoms with Crippen LogP contribution in [-0.2, 0) is 13.5 Å². The molecule has 1 aliphatic heterocycles. The topological polar surface area (TPSA) is 50.2 Å². The first-order chi connectivity index (χ1) is 7.72. The molecule has 0 unspecified atom stereocenters. The summed E-state index contributed by atoms with van der Waals surface area (Å²) in [5.74, 6) is 0.117. The minimum absolute atomic E-state index is 0.117. The summed E-state index contributed by atoms with van der Waals surface area (Å²) < 4.78 is 1.72. The molecule has 2 heterocycles. The number of aromatic nitrogens is 2. The molecule has 0 spiro atoms. The Balaban J connectivity index is 2.18. The molecule has 88 valence electrons. The van der Waals surface area contributed by atoms with Gasteiger partial charge in [-0.15, -0.1) is 0 Å². The zero-order valence-electron chi connectivity index (χ0n) is 9.86. The summed E-state index contributed by atoms with van der Waals surface area (Å²) in [6.45, 7) is 5.37. The number of aryl methyl sites for hydroxylation is 2. The van der Waals surface area contributed by atoms with Gasteiger partial charge in [0.1, 0.15) is 0 Å². The Hall–Kier alpha value is -1.36. The smallest absolute Gasteiger partial charge is 0.257 e. The predicted molar refractivity (Wildman–Crippen MR) is 61.4 cm³/mol. The monoisotopic (exact) mass is 222 g/mol. The van der Waals surface area contributed by atoms with Crippen molar-refractivity contribution in [1.82, 2.24) is 20.0 Å². The number of rotatable bonds is 2. The Labute approximate surface area is 95.4 Å². The molecule has 16 heavy (non-hydrogen) atoms. The van der Waals surface area contributed by atoms with Crippen LogP contribution >= 0.6 is 0 Å². The van der Waals surface area contributed by atoms with Crippen LogP contribution < -0.4 is 5.32 Å². The van der Waals surface area contributed by atoms with E-state index in [-0.39, 0.29) is 5.91 Å². The van der Waals surface area contributed by atoms with Gasteiger partial charge in [0.05, 0.1) is 11.3 Å². The molecule has 1 aliphatic rings. The summed E-state index contributed by atoms with van der Waals surface area (Å²) in [6, 6.07) is 0. The summed E-state index contributed by atoms with van der Waals surface area (Å²) in [5.41, 5.74) is 1.65. The fourth-order valence-electron chi connectivity index (χ4n) is 2.01. The number of piperazine rings is 1. The first-order valence-corrected chi connectivity index (χ1v) is 5.75. The van der Waals surface area contributed by atoms with Crippen molar-refractivity contribution in [3.8, 4) is 0 Å². The maximum absolute atomic E-state index is 12.2. The Morgan fingerprint density at radius 2 is 2.19 bits per heavy atom. The van der Waals surface area contributed by atoms with E-state index in [0.717, 1.165) is 43.9 Å². The summed E-state index contributed by atoms with van der Waals surface area (Å²) in [6.07, 6.45) is 2.62. The number of nitrogens with one attached hydrogen (secondary N) is 1. The molecule has 0 bridgehead atoms. The molecule has 0 aromatic carbocycles. The number of nitrogens with zero attached hydrogens (tertiary/aromatic N) is 3. The lowest BCUT2D eigenvalue weighted by atomic mass is 10.2. The van der Waals surface area contributed by atoms with Crippen molar-refractivity contribution in [3.63, 3.8) is 0 Å². The van der Waals surface area contributed by atoms with Crippen LogP contribution in [0.3, 0.4) is 0 Å². The zero-order valence-corrected chi connectivity index (χ0v) is 9.86. The molecule has 0 atom stereocenters. The Morgan fingerprint density at radius 1 is 1.50 bits per heavy atom. The normalized spacial score (nSPS) is 16.5. The van der Waals surface area contributed by atoms with Crippen LogP contribution in [0.2, 0.25) is 0 Å². The molecule has 5 nitrogen and oxygen atoms in total.